The van der Waals surface area contributed by atoms with Crippen LogP contribution in [0.3, 0.4) is 0 Å². The molecule has 9 rings (SSSR count). The number of hydrogen-bond acceptors (Lipinski definition) is 4. The van der Waals surface area contributed by atoms with Crippen LogP contribution in [0.5, 0.6) is 0 Å². The molecule has 226 valence electrons. The molecular weight excluding hydrogens is 536 g/mol. The van der Waals surface area contributed by atoms with E-state index in [0.717, 1.165) is 64.2 Å². The van der Waals surface area contributed by atoms with Crippen molar-refractivity contribution in [1.82, 2.24) is 0 Å². The van der Waals surface area contributed by atoms with Gasteiger partial charge in [0.05, 0.1) is 25.7 Å². The topological polar surface area (TPSA) is 149 Å². The van der Waals surface area contributed by atoms with E-state index in [1.165, 1.54) is 11.1 Å². The number of aliphatic carboxylic acids is 4. The van der Waals surface area contributed by atoms with Crippen LogP contribution < -0.4 is 0 Å². The summed E-state index contributed by atoms with van der Waals surface area (Å²) in [5.74, 6) is -2.56. The Morgan fingerprint density at radius 2 is 0.738 bits per heavy atom. The van der Waals surface area contributed by atoms with Crippen molar-refractivity contribution in [3.8, 4) is 0 Å². The minimum absolute atomic E-state index is 0.0898. The van der Waals surface area contributed by atoms with Gasteiger partial charge >= 0.3 is 23.9 Å². The molecule has 8 fully saturated rings. The minimum atomic E-state index is -0.805. The van der Waals surface area contributed by atoms with Crippen LogP contribution in [0.25, 0.3) is 0 Å². The molecule has 8 bridgehead atoms. The van der Waals surface area contributed by atoms with Crippen molar-refractivity contribution < 1.29 is 39.6 Å². The van der Waals surface area contributed by atoms with Gasteiger partial charge < -0.3 is 20.4 Å². The highest BCUT2D eigenvalue weighted by molar-refractivity contribution is 5.70. The fourth-order valence-corrected chi connectivity index (χ4v) is 13.6. The van der Waals surface area contributed by atoms with Crippen molar-refractivity contribution in [2.75, 3.05) is 0 Å². The molecule has 0 saturated heterocycles. The Morgan fingerprint density at radius 1 is 0.476 bits per heavy atom. The predicted octanol–water partition coefficient (Wildman–Crippen LogP) is 6.00. The first-order chi connectivity index (χ1) is 19.7. The molecule has 4 atom stereocenters. The molecule has 0 radical (unpaired) electrons. The van der Waals surface area contributed by atoms with Crippen LogP contribution in [-0.4, -0.2) is 44.3 Å². The van der Waals surface area contributed by atoms with Gasteiger partial charge in [0.25, 0.3) is 0 Å². The first-order valence-corrected chi connectivity index (χ1v) is 15.7. The third-order valence-electron chi connectivity index (χ3n) is 12.8. The average molecular weight is 579 g/mol. The second-order valence-corrected chi connectivity index (χ2v) is 16.4. The summed E-state index contributed by atoms with van der Waals surface area (Å²) in [5.41, 5.74) is 0.392. The molecule has 4 N–H and O–H groups in total. The highest BCUT2D eigenvalue weighted by Gasteiger charge is 2.66. The van der Waals surface area contributed by atoms with Gasteiger partial charge in [0.2, 0.25) is 0 Å². The van der Waals surface area contributed by atoms with Gasteiger partial charge in [-0.15, -0.1) is 0 Å². The number of carbonyl (C=O) groups is 4. The summed E-state index contributed by atoms with van der Waals surface area (Å²) < 4.78 is 0. The van der Waals surface area contributed by atoms with Gasteiger partial charge in [0, 0.05) is 0 Å². The monoisotopic (exact) mass is 578 g/mol. The molecule has 8 saturated carbocycles. The molecule has 0 spiro atoms. The first kappa shape index (κ1) is 27.9. The van der Waals surface area contributed by atoms with Crippen molar-refractivity contribution in [3.05, 3.63) is 35.4 Å². The molecule has 8 heteroatoms. The van der Waals surface area contributed by atoms with E-state index in [0.29, 0.717) is 24.7 Å². The van der Waals surface area contributed by atoms with E-state index in [2.05, 4.69) is 24.3 Å². The van der Waals surface area contributed by atoms with Gasteiger partial charge in [-0.3, -0.25) is 19.2 Å². The lowest BCUT2D eigenvalue weighted by Gasteiger charge is -2.67. The second kappa shape index (κ2) is 8.82. The average Bonchev–Trinajstić information content (AvgIpc) is 2.79. The zero-order chi connectivity index (χ0) is 29.8. The van der Waals surface area contributed by atoms with E-state index in [1.807, 2.05) is 0 Å². The number of carboxylic acids is 4. The van der Waals surface area contributed by atoms with Crippen molar-refractivity contribution in [2.24, 2.45) is 33.5 Å². The summed E-state index contributed by atoms with van der Waals surface area (Å²) in [4.78, 5) is 48.0. The Labute approximate surface area is 245 Å². The van der Waals surface area contributed by atoms with Crippen molar-refractivity contribution in [1.29, 1.82) is 0 Å². The first-order valence-electron chi connectivity index (χ1n) is 15.7. The summed E-state index contributed by atoms with van der Waals surface area (Å²) in [6.45, 7) is 0. The van der Waals surface area contributed by atoms with Gasteiger partial charge in [-0.25, -0.2) is 0 Å². The quantitative estimate of drug-likeness (QED) is 0.264. The Balaban J connectivity index is 1.25. The van der Waals surface area contributed by atoms with Crippen LogP contribution in [-0.2, 0) is 30.0 Å². The fourth-order valence-electron chi connectivity index (χ4n) is 13.6. The maximum atomic E-state index is 12.0. The standard InChI is InChI=1S/C34H42O8/c35-25(36)11-29-5-21-6-30(15-29,12-26(37)38)18-33(9-21,17-29)23-1-2-24(4-3-23)34-10-22-7-31(19-34,13-27(39)40)16-32(8-22,20-34)14-28(41)42/h1-4,21-22H,5-20H2,(H,35,36)(H,37,38)(H,39,40)(H,41,42). The van der Waals surface area contributed by atoms with E-state index in [9.17, 15) is 39.6 Å². The molecule has 42 heavy (non-hydrogen) atoms. The Morgan fingerprint density at radius 3 is 0.976 bits per heavy atom. The maximum Gasteiger partial charge on any atom is 0.303 e. The van der Waals surface area contributed by atoms with Gasteiger partial charge in [-0.1, -0.05) is 24.3 Å². The summed E-state index contributed by atoms with van der Waals surface area (Å²) >= 11 is 0. The Kier molecular flexibility index (Phi) is 5.86. The van der Waals surface area contributed by atoms with Gasteiger partial charge in [-0.05, 0) is 133 Å². The van der Waals surface area contributed by atoms with Crippen molar-refractivity contribution in [2.45, 2.75) is 114 Å². The van der Waals surface area contributed by atoms with E-state index in [4.69, 9.17) is 0 Å². The van der Waals surface area contributed by atoms with Crippen LogP contribution in [0.1, 0.15) is 114 Å². The second-order valence-electron chi connectivity index (χ2n) is 16.4. The zero-order valence-electron chi connectivity index (χ0n) is 24.2. The van der Waals surface area contributed by atoms with Gasteiger partial charge in [-0.2, -0.15) is 0 Å². The lowest BCUT2D eigenvalue weighted by atomic mass is 9.37. The SMILES string of the molecule is O=C(O)CC12CC3CC(CC(=O)O)(C1)CC(c1ccc(C45CC6CC(CC(=O)O)(CC(CC(=O)O)(C6)C4)C5)cc1)(C3)C2. The number of hydrogen-bond donors (Lipinski definition) is 4. The molecule has 8 aliphatic carbocycles. The van der Waals surface area contributed by atoms with Gasteiger partial charge in [0.15, 0.2) is 0 Å². The van der Waals surface area contributed by atoms with Crippen molar-refractivity contribution in [3.63, 3.8) is 0 Å². The molecule has 0 heterocycles. The molecule has 1 aromatic carbocycles. The molecule has 0 amide bonds. The van der Waals surface area contributed by atoms with E-state index in [-0.39, 0.29) is 58.2 Å². The molecule has 0 aromatic heterocycles. The minimum Gasteiger partial charge on any atom is -0.481 e. The lowest BCUT2D eigenvalue weighted by molar-refractivity contribution is -0.167. The van der Waals surface area contributed by atoms with Gasteiger partial charge in [0.1, 0.15) is 0 Å². The van der Waals surface area contributed by atoms with E-state index in [1.54, 1.807) is 0 Å². The molecule has 0 aliphatic heterocycles. The molecule has 8 nitrogen and oxygen atoms in total. The summed E-state index contributed by atoms with van der Waals surface area (Å²) in [6, 6.07) is 8.77. The van der Waals surface area contributed by atoms with Crippen LogP contribution in [0.4, 0.5) is 0 Å². The van der Waals surface area contributed by atoms with Crippen LogP contribution >= 0.6 is 0 Å². The molecule has 8 aliphatic rings. The maximum absolute atomic E-state index is 12.0. The third kappa shape index (κ3) is 4.38. The summed E-state index contributed by atoms with van der Waals surface area (Å²) in [6.07, 6.45) is 10.2. The fraction of sp³-hybridized carbons (Fsp3) is 0.706. The highest BCUT2D eigenvalue weighted by atomic mass is 16.4. The number of benzene rings is 1. The Bertz CT molecular complexity index is 1190. The highest BCUT2D eigenvalue weighted by Crippen LogP contribution is 2.73. The third-order valence-corrected chi connectivity index (χ3v) is 12.8. The van der Waals surface area contributed by atoms with Crippen LogP contribution in [0.15, 0.2) is 24.3 Å². The van der Waals surface area contributed by atoms with Crippen molar-refractivity contribution >= 4 is 23.9 Å². The molecular formula is C34H42O8. The Hall–Kier alpha value is -2.90. The summed E-state index contributed by atoms with van der Waals surface area (Å²) in [7, 11) is 0. The molecule has 4 unspecified atom stereocenters. The zero-order valence-corrected chi connectivity index (χ0v) is 24.2. The lowest BCUT2D eigenvalue weighted by Crippen LogP contribution is -2.60. The van der Waals surface area contributed by atoms with E-state index < -0.39 is 23.9 Å². The molecule has 1 aromatic rings. The normalized spacial score (nSPS) is 44.3. The smallest absolute Gasteiger partial charge is 0.303 e. The van der Waals surface area contributed by atoms with E-state index >= 15 is 0 Å². The van der Waals surface area contributed by atoms with Crippen LogP contribution in [0, 0.1) is 33.5 Å². The van der Waals surface area contributed by atoms with Crippen LogP contribution in [0.2, 0.25) is 0 Å². The summed E-state index contributed by atoms with van der Waals surface area (Å²) in [5, 5.41) is 39.4. The predicted molar refractivity (Wildman–Crippen MR) is 151 cm³/mol. The largest absolute Gasteiger partial charge is 0.481 e. The number of carboxylic acid groups (broad SMARTS) is 4. The number of rotatable bonds is 10.